The van der Waals surface area contributed by atoms with E-state index in [-0.39, 0.29) is 30.6 Å². The monoisotopic (exact) mass is 343 g/mol. The van der Waals surface area contributed by atoms with Crippen LogP contribution in [0.3, 0.4) is 0 Å². The molecule has 1 unspecified atom stereocenters. The van der Waals surface area contributed by atoms with E-state index in [1.54, 1.807) is 6.07 Å². The standard InChI is InChI=1S/C20H25NO2S/c1-14(2)13-16-6-8-17(9-7-16)15(3)21-20(23)11-10-18(22)19-5-4-12-24-19/h4-9,12,14-15H,10-11,13H2,1-3H3,(H,21,23). The largest absolute Gasteiger partial charge is 0.350 e. The predicted octanol–water partition coefficient (Wildman–Crippen LogP) is 4.79. The van der Waals surface area contributed by atoms with Gasteiger partial charge in [-0.3, -0.25) is 9.59 Å². The Morgan fingerprint density at radius 2 is 1.75 bits per heavy atom. The first-order valence-corrected chi connectivity index (χ1v) is 9.28. The number of carbonyl (C=O) groups is 2. The van der Waals surface area contributed by atoms with Crippen LogP contribution in [-0.4, -0.2) is 11.7 Å². The lowest BCUT2D eigenvalue weighted by molar-refractivity contribution is -0.121. The molecule has 1 amide bonds. The maximum absolute atomic E-state index is 12.1. The van der Waals surface area contributed by atoms with Gasteiger partial charge in [-0.05, 0) is 41.8 Å². The number of nitrogens with one attached hydrogen (secondary N) is 1. The van der Waals surface area contributed by atoms with Crippen LogP contribution in [0.5, 0.6) is 0 Å². The Morgan fingerprint density at radius 3 is 2.33 bits per heavy atom. The van der Waals surface area contributed by atoms with Gasteiger partial charge in [0.05, 0.1) is 10.9 Å². The van der Waals surface area contributed by atoms with Crippen molar-refractivity contribution in [3.8, 4) is 0 Å². The van der Waals surface area contributed by atoms with Gasteiger partial charge >= 0.3 is 0 Å². The van der Waals surface area contributed by atoms with E-state index < -0.39 is 0 Å². The van der Waals surface area contributed by atoms with Crippen molar-refractivity contribution in [2.24, 2.45) is 5.92 Å². The molecule has 0 radical (unpaired) electrons. The highest BCUT2D eigenvalue weighted by Crippen LogP contribution is 2.16. The first kappa shape index (κ1) is 18.4. The number of ketones is 1. The highest BCUT2D eigenvalue weighted by atomic mass is 32.1. The Hall–Kier alpha value is -1.94. The molecule has 4 heteroatoms. The fourth-order valence-electron chi connectivity index (χ4n) is 2.60. The van der Waals surface area contributed by atoms with Gasteiger partial charge in [0.1, 0.15) is 0 Å². The molecule has 24 heavy (non-hydrogen) atoms. The van der Waals surface area contributed by atoms with Gasteiger partial charge in [-0.25, -0.2) is 0 Å². The maximum Gasteiger partial charge on any atom is 0.220 e. The smallest absolute Gasteiger partial charge is 0.220 e. The minimum atomic E-state index is -0.0846. The fourth-order valence-corrected chi connectivity index (χ4v) is 3.29. The van der Waals surface area contributed by atoms with Crippen molar-refractivity contribution in [1.82, 2.24) is 5.32 Å². The molecular weight excluding hydrogens is 318 g/mol. The molecule has 1 atom stereocenters. The van der Waals surface area contributed by atoms with Gasteiger partial charge < -0.3 is 5.32 Å². The molecule has 0 bridgehead atoms. The molecule has 3 nitrogen and oxygen atoms in total. The number of benzene rings is 1. The van der Waals surface area contributed by atoms with Crippen LogP contribution in [0.1, 0.15) is 60.5 Å². The molecule has 1 aromatic carbocycles. The van der Waals surface area contributed by atoms with E-state index >= 15 is 0 Å². The van der Waals surface area contributed by atoms with Gasteiger partial charge in [-0.1, -0.05) is 44.2 Å². The summed E-state index contributed by atoms with van der Waals surface area (Å²) in [5.41, 5.74) is 2.40. The van der Waals surface area contributed by atoms with E-state index in [2.05, 4.69) is 43.4 Å². The van der Waals surface area contributed by atoms with Crippen molar-refractivity contribution in [3.63, 3.8) is 0 Å². The molecule has 2 rings (SSSR count). The highest BCUT2D eigenvalue weighted by molar-refractivity contribution is 7.12. The van der Waals surface area contributed by atoms with Crippen LogP contribution in [0.15, 0.2) is 41.8 Å². The molecule has 1 heterocycles. The van der Waals surface area contributed by atoms with Crippen molar-refractivity contribution in [2.75, 3.05) is 0 Å². The minimum absolute atomic E-state index is 0.0332. The second-order valence-corrected chi connectivity index (χ2v) is 7.48. The van der Waals surface area contributed by atoms with Crippen molar-refractivity contribution in [2.45, 2.75) is 46.1 Å². The first-order valence-electron chi connectivity index (χ1n) is 8.40. The number of hydrogen-bond acceptors (Lipinski definition) is 3. The normalized spacial score (nSPS) is 12.2. The average molecular weight is 343 g/mol. The Kier molecular flexibility index (Phi) is 6.73. The van der Waals surface area contributed by atoms with Gasteiger partial charge in [-0.2, -0.15) is 0 Å². The zero-order valence-electron chi connectivity index (χ0n) is 14.5. The van der Waals surface area contributed by atoms with E-state index in [1.807, 2.05) is 18.4 Å². The average Bonchev–Trinajstić information content (AvgIpc) is 3.07. The van der Waals surface area contributed by atoms with Crippen LogP contribution in [0, 0.1) is 5.92 Å². The van der Waals surface area contributed by atoms with Crippen LogP contribution in [-0.2, 0) is 11.2 Å². The van der Waals surface area contributed by atoms with Crippen molar-refractivity contribution in [1.29, 1.82) is 0 Å². The van der Waals surface area contributed by atoms with Crippen LogP contribution in [0.4, 0.5) is 0 Å². The van der Waals surface area contributed by atoms with E-state index in [1.165, 1.54) is 16.9 Å². The number of thiophene rings is 1. The van der Waals surface area contributed by atoms with Crippen LogP contribution >= 0.6 is 11.3 Å². The molecule has 0 aliphatic rings. The van der Waals surface area contributed by atoms with Gasteiger partial charge in [0, 0.05) is 12.8 Å². The van der Waals surface area contributed by atoms with Crippen LogP contribution in [0.2, 0.25) is 0 Å². The van der Waals surface area contributed by atoms with E-state index in [4.69, 9.17) is 0 Å². The topological polar surface area (TPSA) is 46.2 Å². The molecule has 0 saturated carbocycles. The number of carbonyl (C=O) groups excluding carboxylic acids is 2. The van der Waals surface area contributed by atoms with E-state index in [0.29, 0.717) is 5.92 Å². The van der Waals surface area contributed by atoms with Crippen molar-refractivity contribution < 1.29 is 9.59 Å². The van der Waals surface area contributed by atoms with Gasteiger partial charge in [0.2, 0.25) is 5.91 Å². The third kappa shape index (κ3) is 5.60. The quantitative estimate of drug-likeness (QED) is 0.701. The lowest BCUT2D eigenvalue weighted by Gasteiger charge is -2.15. The van der Waals surface area contributed by atoms with Gasteiger partial charge in [0.15, 0.2) is 5.78 Å². The number of rotatable bonds is 8. The summed E-state index contributed by atoms with van der Waals surface area (Å²) in [4.78, 5) is 24.7. The number of hydrogen-bond donors (Lipinski definition) is 1. The summed E-state index contributed by atoms with van der Waals surface area (Å²) in [7, 11) is 0. The highest BCUT2D eigenvalue weighted by Gasteiger charge is 2.13. The Bertz CT molecular complexity index is 659. The fraction of sp³-hybridized carbons (Fsp3) is 0.400. The van der Waals surface area contributed by atoms with Crippen LogP contribution in [0.25, 0.3) is 0 Å². The van der Waals surface area contributed by atoms with Crippen LogP contribution < -0.4 is 5.32 Å². The summed E-state index contributed by atoms with van der Waals surface area (Å²) >= 11 is 1.42. The summed E-state index contributed by atoms with van der Waals surface area (Å²) < 4.78 is 0. The number of Topliss-reactive ketones (excluding diaryl/α,β-unsaturated/α-hetero) is 1. The molecule has 1 N–H and O–H groups in total. The Labute approximate surface area is 148 Å². The Morgan fingerprint density at radius 1 is 1.04 bits per heavy atom. The third-order valence-electron chi connectivity index (χ3n) is 3.88. The molecule has 0 fully saturated rings. The zero-order valence-corrected chi connectivity index (χ0v) is 15.4. The molecule has 0 aliphatic carbocycles. The predicted molar refractivity (Wildman–Crippen MR) is 99.4 cm³/mol. The molecule has 0 saturated heterocycles. The second-order valence-electron chi connectivity index (χ2n) is 6.53. The molecule has 0 aliphatic heterocycles. The van der Waals surface area contributed by atoms with Gasteiger partial charge in [-0.15, -0.1) is 11.3 Å². The third-order valence-corrected chi connectivity index (χ3v) is 4.79. The molecular formula is C20H25NO2S. The van der Waals surface area contributed by atoms with Crippen molar-refractivity contribution in [3.05, 3.63) is 57.8 Å². The summed E-state index contributed by atoms with van der Waals surface area (Å²) in [5, 5.41) is 4.84. The summed E-state index contributed by atoms with van der Waals surface area (Å²) in [6.45, 7) is 6.37. The zero-order chi connectivity index (χ0) is 17.5. The Balaban J connectivity index is 1.81. The second kappa shape index (κ2) is 8.78. The molecule has 128 valence electrons. The number of amides is 1. The first-order chi connectivity index (χ1) is 11.5. The lowest BCUT2D eigenvalue weighted by atomic mass is 10.00. The molecule has 1 aromatic heterocycles. The summed E-state index contributed by atoms with van der Waals surface area (Å²) in [6.07, 6.45) is 1.55. The van der Waals surface area contributed by atoms with Gasteiger partial charge in [0.25, 0.3) is 0 Å². The van der Waals surface area contributed by atoms with E-state index in [9.17, 15) is 9.59 Å². The van der Waals surface area contributed by atoms with Crippen molar-refractivity contribution >= 4 is 23.0 Å². The SMILES string of the molecule is CC(C)Cc1ccc(C(C)NC(=O)CCC(=O)c2cccs2)cc1. The maximum atomic E-state index is 12.1. The molecule has 0 spiro atoms. The summed E-state index contributed by atoms with van der Waals surface area (Å²) in [6, 6.07) is 12.0. The lowest BCUT2D eigenvalue weighted by Crippen LogP contribution is -2.26. The van der Waals surface area contributed by atoms with E-state index in [0.717, 1.165) is 16.9 Å². The summed E-state index contributed by atoms with van der Waals surface area (Å²) in [5.74, 6) is 0.582. The molecule has 2 aromatic rings. The minimum Gasteiger partial charge on any atom is -0.350 e.